The van der Waals surface area contributed by atoms with Crippen LogP contribution in [-0.4, -0.2) is 65.5 Å². The van der Waals surface area contributed by atoms with Gasteiger partial charge < -0.3 is 26.0 Å². The Bertz CT molecular complexity index is 1220. The topological polar surface area (TPSA) is 111 Å². The van der Waals surface area contributed by atoms with Gasteiger partial charge in [0.2, 0.25) is 17.7 Å². The molecule has 0 radical (unpaired) electrons. The van der Waals surface area contributed by atoms with Crippen LogP contribution < -0.4 is 16.0 Å². The third kappa shape index (κ3) is 7.16. The number of aliphatic hydroxyl groups excluding tert-OH is 1. The number of hydrogen-bond acceptors (Lipinski definition) is 5. The summed E-state index contributed by atoms with van der Waals surface area (Å²) in [6, 6.07) is 6.79. The van der Waals surface area contributed by atoms with Crippen LogP contribution in [0, 0.1) is 11.7 Å². The number of amides is 3. The second-order valence-electron chi connectivity index (χ2n) is 10.2. The molecular weight excluding hydrogens is 532 g/mol. The zero-order valence-electron chi connectivity index (χ0n) is 22.6. The molecule has 2 aromatic carbocycles. The number of likely N-dealkylation sites (tertiary alicyclic amines) is 1. The van der Waals surface area contributed by atoms with Gasteiger partial charge in [0.1, 0.15) is 17.9 Å². The highest BCUT2D eigenvalue weighted by Crippen LogP contribution is 2.34. The lowest BCUT2D eigenvalue weighted by Gasteiger charge is -2.31. The van der Waals surface area contributed by atoms with Gasteiger partial charge in [0.05, 0.1) is 17.7 Å². The van der Waals surface area contributed by atoms with Crippen LogP contribution in [0.4, 0.5) is 17.6 Å². The molecule has 12 heteroatoms. The number of nitrogens with one attached hydrogen (secondary N) is 3. The molecule has 0 saturated carbocycles. The molecule has 8 nitrogen and oxygen atoms in total. The summed E-state index contributed by atoms with van der Waals surface area (Å²) in [5.41, 5.74) is -0.342. The minimum atomic E-state index is -4.57. The summed E-state index contributed by atoms with van der Waals surface area (Å²) in [6.45, 7) is 4.60. The maximum Gasteiger partial charge on any atom is 0.416 e. The van der Waals surface area contributed by atoms with E-state index < -0.39 is 65.4 Å². The molecule has 218 valence electrons. The SMILES string of the molecule is CN[C@@H](C)C(=O)N[C@H](C(=O)N1C[C@H](c2cccc(F)c2)[C@@H](O)C1C(=O)NCc1cccc(C(F)(F)F)c1)C(C)C. The van der Waals surface area contributed by atoms with Crippen LogP contribution in [0.1, 0.15) is 43.4 Å². The van der Waals surface area contributed by atoms with Crippen LogP contribution in [0.5, 0.6) is 0 Å². The standard InChI is InChI=1S/C28H34F4N4O4/c1-15(2)22(35-25(38)16(3)33-4)27(40)36-14-21(18-8-6-10-20(29)12-18)24(37)23(36)26(39)34-13-17-7-5-9-19(11-17)28(30,31)32/h5-12,15-16,21-24,33,37H,13-14H2,1-4H3,(H,34,39)(H,35,38)/t16-,21+,22-,23?,24+/m0/s1. The van der Waals surface area contributed by atoms with Gasteiger partial charge in [0, 0.05) is 19.0 Å². The maximum absolute atomic E-state index is 14.0. The lowest BCUT2D eigenvalue weighted by Crippen LogP contribution is -2.58. The lowest BCUT2D eigenvalue weighted by atomic mass is 9.93. The number of alkyl halides is 3. The molecule has 1 unspecified atom stereocenters. The smallest absolute Gasteiger partial charge is 0.390 e. The highest BCUT2D eigenvalue weighted by atomic mass is 19.4. The van der Waals surface area contributed by atoms with Crippen molar-refractivity contribution in [2.24, 2.45) is 5.92 Å². The molecule has 0 bridgehead atoms. The molecule has 2 aromatic rings. The Hall–Kier alpha value is -3.51. The van der Waals surface area contributed by atoms with Gasteiger partial charge in [-0.2, -0.15) is 13.2 Å². The van der Waals surface area contributed by atoms with E-state index in [-0.39, 0.29) is 24.6 Å². The normalized spacial score (nSPS) is 20.8. The molecule has 1 heterocycles. The molecule has 1 fully saturated rings. The molecule has 40 heavy (non-hydrogen) atoms. The number of halogens is 4. The molecule has 0 aliphatic carbocycles. The molecule has 4 N–H and O–H groups in total. The number of hydrogen-bond donors (Lipinski definition) is 4. The van der Waals surface area contributed by atoms with Crippen LogP contribution >= 0.6 is 0 Å². The molecule has 1 saturated heterocycles. The first-order chi connectivity index (χ1) is 18.7. The van der Waals surface area contributed by atoms with Crippen molar-refractivity contribution in [3.8, 4) is 0 Å². The van der Waals surface area contributed by atoms with Crippen LogP contribution in [0.2, 0.25) is 0 Å². The van der Waals surface area contributed by atoms with E-state index in [4.69, 9.17) is 0 Å². The molecule has 3 amide bonds. The maximum atomic E-state index is 14.0. The summed E-state index contributed by atoms with van der Waals surface area (Å²) < 4.78 is 53.3. The average Bonchev–Trinajstić information content (AvgIpc) is 3.25. The molecular formula is C28H34F4N4O4. The number of rotatable bonds is 9. The van der Waals surface area contributed by atoms with E-state index in [0.29, 0.717) is 5.56 Å². The predicted octanol–water partition coefficient (Wildman–Crippen LogP) is 2.56. The largest absolute Gasteiger partial charge is 0.416 e. The van der Waals surface area contributed by atoms with Crippen molar-refractivity contribution < 1.29 is 37.1 Å². The Morgan fingerprint density at radius 1 is 1.07 bits per heavy atom. The van der Waals surface area contributed by atoms with Crippen molar-refractivity contribution in [1.29, 1.82) is 0 Å². The summed E-state index contributed by atoms with van der Waals surface area (Å²) in [5.74, 6) is -3.64. The van der Waals surface area contributed by atoms with Crippen LogP contribution in [0.15, 0.2) is 48.5 Å². The summed E-state index contributed by atoms with van der Waals surface area (Å²) >= 11 is 0. The molecule has 0 spiro atoms. The molecule has 1 aliphatic heterocycles. The number of benzene rings is 2. The Morgan fingerprint density at radius 3 is 2.35 bits per heavy atom. The minimum Gasteiger partial charge on any atom is -0.390 e. The van der Waals surface area contributed by atoms with Gasteiger partial charge in [-0.25, -0.2) is 4.39 Å². The van der Waals surface area contributed by atoms with Crippen LogP contribution in [0.3, 0.4) is 0 Å². The van der Waals surface area contributed by atoms with Gasteiger partial charge in [-0.15, -0.1) is 0 Å². The molecule has 3 rings (SSSR count). The van der Waals surface area contributed by atoms with Gasteiger partial charge in [0.25, 0.3) is 0 Å². The zero-order chi connectivity index (χ0) is 29.8. The van der Waals surface area contributed by atoms with E-state index >= 15 is 0 Å². The van der Waals surface area contributed by atoms with Crippen molar-refractivity contribution >= 4 is 17.7 Å². The average molecular weight is 567 g/mol. The Labute approximate surface area is 230 Å². The molecule has 0 aromatic heterocycles. The van der Waals surface area contributed by atoms with E-state index in [1.165, 1.54) is 30.3 Å². The highest BCUT2D eigenvalue weighted by molar-refractivity contribution is 5.94. The fourth-order valence-corrected chi connectivity index (χ4v) is 4.65. The van der Waals surface area contributed by atoms with E-state index in [0.717, 1.165) is 17.0 Å². The van der Waals surface area contributed by atoms with Gasteiger partial charge in [-0.3, -0.25) is 14.4 Å². The summed E-state index contributed by atoms with van der Waals surface area (Å²) in [6.07, 6.45) is -6.02. The Morgan fingerprint density at radius 2 is 1.75 bits per heavy atom. The van der Waals surface area contributed by atoms with E-state index in [9.17, 15) is 37.1 Å². The fourth-order valence-electron chi connectivity index (χ4n) is 4.65. The number of carbonyl (C=O) groups excluding carboxylic acids is 3. The van der Waals surface area contributed by atoms with Crippen molar-refractivity contribution in [3.63, 3.8) is 0 Å². The van der Waals surface area contributed by atoms with E-state index in [1.807, 2.05) is 0 Å². The van der Waals surface area contributed by atoms with E-state index in [1.54, 1.807) is 33.9 Å². The third-order valence-corrected chi connectivity index (χ3v) is 7.07. The van der Waals surface area contributed by atoms with Crippen molar-refractivity contribution in [3.05, 3.63) is 71.0 Å². The van der Waals surface area contributed by atoms with Crippen LogP contribution in [0.25, 0.3) is 0 Å². The second kappa shape index (κ2) is 12.8. The molecule has 1 aliphatic rings. The number of nitrogens with zero attached hydrogens (tertiary/aromatic N) is 1. The van der Waals surface area contributed by atoms with E-state index in [2.05, 4.69) is 16.0 Å². The second-order valence-corrected chi connectivity index (χ2v) is 10.2. The number of carbonyl (C=O) groups is 3. The van der Waals surface area contributed by atoms with Crippen LogP contribution in [-0.2, 0) is 27.1 Å². The predicted molar refractivity (Wildman–Crippen MR) is 139 cm³/mol. The molecule has 5 atom stereocenters. The van der Waals surface area contributed by atoms with Gasteiger partial charge >= 0.3 is 6.18 Å². The monoisotopic (exact) mass is 566 g/mol. The van der Waals surface area contributed by atoms with Crippen molar-refractivity contribution in [2.45, 2.75) is 63.6 Å². The lowest BCUT2D eigenvalue weighted by molar-refractivity contribution is -0.144. The highest BCUT2D eigenvalue weighted by Gasteiger charge is 2.49. The minimum absolute atomic E-state index is 0.147. The van der Waals surface area contributed by atoms with Crippen molar-refractivity contribution in [2.75, 3.05) is 13.6 Å². The summed E-state index contributed by atoms with van der Waals surface area (Å²) in [5, 5.41) is 19.2. The summed E-state index contributed by atoms with van der Waals surface area (Å²) in [4.78, 5) is 40.9. The Kier molecular flexibility index (Phi) is 9.91. The quantitative estimate of drug-likeness (QED) is 0.349. The summed E-state index contributed by atoms with van der Waals surface area (Å²) in [7, 11) is 1.58. The van der Waals surface area contributed by atoms with Gasteiger partial charge in [0.15, 0.2) is 0 Å². The third-order valence-electron chi connectivity index (χ3n) is 7.07. The number of likely N-dealkylation sites (N-methyl/N-ethyl adjacent to an activating group) is 1. The van der Waals surface area contributed by atoms with Gasteiger partial charge in [-0.1, -0.05) is 38.1 Å². The first-order valence-corrected chi connectivity index (χ1v) is 12.9. The first-order valence-electron chi connectivity index (χ1n) is 12.9. The first kappa shape index (κ1) is 31.0. The fraction of sp³-hybridized carbons (Fsp3) is 0.464. The number of aliphatic hydroxyl groups is 1. The van der Waals surface area contributed by atoms with Gasteiger partial charge in [-0.05, 0) is 55.3 Å². The Balaban J connectivity index is 1.90. The van der Waals surface area contributed by atoms with Crippen molar-refractivity contribution in [1.82, 2.24) is 20.9 Å². The zero-order valence-corrected chi connectivity index (χ0v) is 22.6.